The smallest absolute Gasteiger partial charge is 0.130 e. The highest BCUT2D eigenvalue weighted by molar-refractivity contribution is 5.58. The number of anilines is 1. The molecule has 0 unspecified atom stereocenters. The van der Waals surface area contributed by atoms with Gasteiger partial charge in [-0.3, -0.25) is 4.98 Å². The Kier molecular flexibility index (Phi) is 2.66. The highest BCUT2D eigenvalue weighted by Crippen LogP contribution is 2.27. The van der Waals surface area contributed by atoms with E-state index in [-0.39, 0.29) is 0 Å². The van der Waals surface area contributed by atoms with Crippen molar-refractivity contribution in [2.24, 2.45) is 0 Å². The first-order valence-corrected chi connectivity index (χ1v) is 5.81. The molecule has 0 atom stereocenters. The Bertz CT molecular complexity index is 511. The first-order valence-electron chi connectivity index (χ1n) is 5.81. The summed E-state index contributed by atoms with van der Waals surface area (Å²) in [6, 6.07) is 12.0. The number of nitrogens with zero attached hydrogens (tertiary/aromatic N) is 1. The zero-order valence-electron chi connectivity index (χ0n) is 9.52. The molecule has 1 aliphatic rings. The lowest BCUT2D eigenvalue weighted by molar-refractivity contribution is 0.301. The number of hydrogen-bond acceptors (Lipinski definition) is 3. The monoisotopic (exact) mass is 226 g/mol. The number of fused-ring (bicyclic) bond motifs is 1. The molecule has 0 aliphatic carbocycles. The van der Waals surface area contributed by atoms with Crippen molar-refractivity contribution in [3.05, 3.63) is 53.9 Å². The summed E-state index contributed by atoms with van der Waals surface area (Å²) in [6.45, 7) is 1.54. The molecule has 17 heavy (non-hydrogen) atoms. The third-order valence-corrected chi connectivity index (χ3v) is 2.90. The van der Waals surface area contributed by atoms with Gasteiger partial charge in [0.15, 0.2) is 0 Å². The van der Waals surface area contributed by atoms with Crippen molar-refractivity contribution in [1.82, 2.24) is 4.98 Å². The van der Waals surface area contributed by atoms with Gasteiger partial charge < -0.3 is 10.1 Å². The fourth-order valence-electron chi connectivity index (χ4n) is 2.00. The number of benzene rings is 1. The molecule has 0 bridgehead atoms. The standard InChI is InChI=1S/C14H14N2O/c1-2-7-15-12(3-1)10-17-13-5-4-11-6-8-16-14(11)9-13/h1-5,7,9,16H,6,8,10H2. The number of aromatic nitrogens is 1. The van der Waals surface area contributed by atoms with Gasteiger partial charge in [0, 0.05) is 24.5 Å². The molecule has 1 N–H and O–H groups in total. The summed E-state index contributed by atoms with van der Waals surface area (Å²) in [4.78, 5) is 4.23. The number of pyridine rings is 1. The van der Waals surface area contributed by atoms with Crippen molar-refractivity contribution in [3.8, 4) is 5.75 Å². The van der Waals surface area contributed by atoms with Crippen LogP contribution in [-0.2, 0) is 13.0 Å². The van der Waals surface area contributed by atoms with Gasteiger partial charge in [-0.25, -0.2) is 0 Å². The summed E-state index contributed by atoms with van der Waals surface area (Å²) in [5.74, 6) is 0.892. The van der Waals surface area contributed by atoms with Crippen molar-refractivity contribution < 1.29 is 4.74 Å². The largest absolute Gasteiger partial charge is 0.487 e. The lowest BCUT2D eigenvalue weighted by atomic mass is 10.1. The maximum absolute atomic E-state index is 5.71. The lowest BCUT2D eigenvalue weighted by Gasteiger charge is -2.07. The molecule has 3 heteroatoms. The molecule has 1 aromatic carbocycles. The maximum Gasteiger partial charge on any atom is 0.130 e. The van der Waals surface area contributed by atoms with Crippen LogP contribution < -0.4 is 10.1 Å². The van der Waals surface area contributed by atoms with Crippen LogP contribution in [0.3, 0.4) is 0 Å². The fourth-order valence-corrected chi connectivity index (χ4v) is 2.00. The quantitative estimate of drug-likeness (QED) is 0.873. The Morgan fingerprint density at radius 1 is 1.24 bits per heavy atom. The predicted octanol–water partition coefficient (Wildman–Crippen LogP) is 2.63. The minimum Gasteiger partial charge on any atom is -0.487 e. The van der Waals surface area contributed by atoms with Crippen LogP contribution in [0.15, 0.2) is 42.6 Å². The third-order valence-electron chi connectivity index (χ3n) is 2.90. The van der Waals surface area contributed by atoms with E-state index < -0.39 is 0 Å². The number of ether oxygens (including phenoxy) is 1. The van der Waals surface area contributed by atoms with Gasteiger partial charge in [-0.2, -0.15) is 0 Å². The number of hydrogen-bond donors (Lipinski definition) is 1. The molecule has 0 amide bonds. The molecule has 2 aromatic rings. The molecule has 86 valence electrons. The van der Waals surface area contributed by atoms with Crippen LogP contribution in [0.5, 0.6) is 5.75 Å². The SMILES string of the molecule is c1ccc(COc2ccc3c(c2)NCC3)nc1. The number of nitrogens with one attached hydrogen (secondary N) is 1. The van der Waals surface area contributed by atoms with Crippen LogP contribution in [-0.4, -0.2) is 11.5 Å². The lowest BCUT2D eigenvalue weighted by Crippen LogP contribution is -1.98. The van der Waals surface area contributed by atoms with Gasteiger partial charge in [-0.15, -0.1) is 0 Å². The molecule has 3 nitrogen and oxygen atoms in total. The predicted molar refractivity (Wildman–Crippen MR) is 67.2 cm³/mol. The van der Waals surface area contributed by atoms with E-state index in [2.05, 4.69) is 22.4 Å². The van der Waals surface area contributed by atoms with Crippen molar-refractivity contribution in [2.75, 3.05) is 11.9 Å². The first-order chi connectivity index (χ1) is 8.42. The van der Waals surface area contributed by atoms with E-state index in [1.54, 1.807) is 6.20 Å². The van der Waals surface area contributed by atoms with Gasteiger partial charge in [-0.1, -0.05) is 12.1 Å². The summed E-state index contributed by atoms with van der Waals surface area (Å²) in [5, 5.41) is 3.34. The van der Waals surface area contributed by atoms with Crippen LogP contribution in [0.25, 0.3) is 0 Å². The zero-order chi connectivity index (χ0) is 11.5. The van der Waals surface area contributed by atoms with Gasteiger partial charge in [0.1, 0.15) is 12.4 Å². The van der Waals surface area contributed by atoms with Gasteiger partial charge in [-0.05, 0) is 30.2 Å². The van der Waals surface area contributed by atoms with Gasteiger partial charge in [0.25, 0.3) is 0 Å². The van der Waals surface area contributed by atoms with E-state index >= 15 is 0 Å². The van der Waals surface area contributed by atoms with Gasteiger partial charge in [0.2, 0.25) is 0 Å². The molecule has 0 radical (unpaired) electrons. The van der Waals surface area contributed by atoms with Crippen LogP contribution in [0.4, 0.5) is 5.69 Å². The summed E-state index contributed by atoms with van der Waals surface area (Å²) in [6.07, 6.45) is 2.89. The Labute approximate surface area is 100 Å². The van der Waals surface area contributed by atoms with Crippen LogP contribution in [0, 0.1) is 0 Å². The zero-order valence-corrected chi connectivity index (χ0v) is 9.52. The Morgan fingerprint density at radius 3 is 3.12 bits per heavy atom. The highest BCUT2D eigenvalue weighted by Gasteiger charge is 2.10. The Balaban J connectivity index is 1.70. The molecule has 0 spiro atoms. The van der Waals surface area contributed by atoms with Crippen LogP contribution in [0.1, 0.15) is 11.3 Å². The normalized spacial score (nSPS) is 12.9. The van der Waals surface area contributed by atoms with E-state index in [0.717, 1.165) is 24.4 Å². The van der Waals surface area contributed by atoms with E-state index in [1.165, 1.54) is 11.3 Å². The van der Waals surface area contributed by atoms with Gasteiger partial charge >= 0.3 is 0 Å². The second-order valence-electron chi connectivity index (χ2n) is 4.11. The summed E-state index contributed by atoms with van der Waals surface area (Å²) >= 11 is 0. The third kappa shape index (κ3) is 2.23. The summed E-state index contributed by atoms with van der Waals surface area (Å²) in [7, 11) is 0. The van der Waals surface area contributed by atoms with E-state index in [9.17, 15) is 0 Å². The van der Waals surface area contributed by atoms with Crippen LogP contribution >= 0.6 is 0 Å². The van der Waals surface area contributed by atoms with E-state index in [1.807, 2.05) is 24.3 Å². The maximum atomic E-state index is 5.71. The average Bonchev–Trinajstić information content (AvgIpc) is 2.85. The second-order valence-corrected chi connectivity index (χ2v) is 4.11. The summed E-state index contributed by atoms with van der Waals surface area (Å²) < 4.78 is 5.71. The van der Waals surface area contributed by atoms with Crippen molar-refractivity contribution in [3.63, 3.8) is 0 Å². The Hall–Kier alpha value is -2.03. The molecule has 0 saturated carbocycles. The van der Waals surface area contributed by atoms with Crippen molar-refractivity contribution in [1.29, 1.82) is 0 Å². The molecule has 0 saturated heterocycles. The van der Waals surface area contributed by atoms with Gasteiger partial charge in [0.05, 0.1) is 5.69 Å². The molecule has 1 aliphatic heterocycles. The van der Waals surface area contributed by atoms with Crippen molar-refractivity contribution >= 4 is 5.69 Å². The molecule has 2 heterocycles. The molecule has 3 rings (SSSR count). The highest BCUT2D eigenvalue weighted by atomic mass is 16.5. The Morgan fingerprint density at radius 2 is 2.24 bits per heavy atom. The summed E-state index contributed by atoms with van der Waals surface area (Å²) in [5.41, 5.74) is 3.51. The molecule has 0 fully saturated rings. The topological polar surface area (TPSA) is 34.1 Å². The van der Waals surface area contributed by atoms with E-state index in [4.69, 9.17) is 4.74 Å². The molecule has 1 aromatic heterocycles. The second kappa shape index (κ2) is 4.45. The minimum atomic E-state index is 0.514. The number of rotatable bonds is 3. The molecular formula is C14H14N2O. The molecular weight excluding hydrogens is 212 g/mol. The first kappa shape index (κ1) is 10.1. The van der Waals surface area contributed by atoms with Crippen molar-refractivity contribution in [2.45, 2.75) is 13.0 Å². The fraction of sp³-hybridized carbons (Fsp3) is 0.214. The minimum absolute atomic E-state index is 0.514. The average molecular weight is 226 g/mol. The van der Waals surface area contributed by atoms with Crippen LogP contribution in [0.2, 0.25) is 0 Å². The van der Waals surface area contributed by atoms with E-state index in [0.29, 0.717) is 6.61 Å².